The van der Waals surface area contributed by atoms with Crippen LogP contribution in [-0.2, 0) is 9.53 Å². The minimum Gasteiger partial charge on any atom is -0.480 e. The topological polar surface area (TPSA) is 58.6 Å². The summed E-state index contributed by atoms with van der Waals surface area (Å²) >= 11 is 0. The highest BCUT2D eigenvalue weighted by molar-refractivity contribution is 5.78. The van der Waals surface area contributed by atoms with Crippen LogP contribution in [0.4, 0.5) is 0 Å². The highest BCUT2D eigenvalue weighted by atomic mass is 16.5. The fourth-order valence-electron chi connectivity index (χ4n) is 2.66. The van der Waals surface area contributed by atoms with Crippen molar-refractivity contribution < 1.29 is 14.6 Å². The van der Waals surface area contributed by atoms with E-state index in [1.807, 2.05) is 0 Å². The standard InChI is InChI=1S/C15H29NO3/c1-11-6-7-13(10-12(11)2)19-9-5-8-15(3,16-4)14(17)18/h11-13,16H,5-10H2,1-4H3,(H,17,18). The zero-order chi connectivity index (χ0) is 14.5. The average molecular weight is 271 g/mol. The molecule has 0 aromatic carbocycles. The minimum absolute atomic E-state index is 0.372. The quantitative estimate of drug-likeness (QED) is 0.699. The Morgan fingerprint density at radius 1 is 1.37 bits per heavy atom. The van der Waals surface area contributed by atoms with E-state index in [1.165, 1.54) is 6.42 Å². The van der Waals surface area contributed by atoms with Crippen LogP contribution in [0.1, 0.15) is 52.9 Å². The Bertz CT molecular complexity index is 295. The number of ether oxygens (including phenoxy) is 1. The second kappa shape index (κ2) is 7.25. The molecule has 112 valence electrons. The third-order valence-electron chi connectivity index (χ3n) is 4.75. The smallest absolute Gasteiger partial charge is 0.323 e. The molecule has 4 atom stereocenters. The molecule has 0 bridgehead atoms. The van der Waals surface area contributed by atoms with Crippen molar-refractivity contribution >= 4 is 5.97 Å². The molecule has 1 fully saturated rings. The van der Waals surface area contributed by atoms with E-state index in [9.17, 15) is 4.79 Å². The van der Waals surface area contributed by atoms with Crippen molar-refractivity contribution in [1.82, 2.24) is 5.32 Å². The molecule has 0 saturated heterocycles. The van der Waals surface area contributed by atoms with Crippen LogP contribution in [0.5, 0.6) is 0 Å². The number of carboxylic acids is 1. The van der Waals surface area contributed by atoms with Crippen LogP contribution in [0, 0.1) is 11.8 Å². The van der Waals surface area contributed by atoms with Crippen LogP contribution in [0.3, 0.4) is 0 Å². The first-order valence-electron chi connectivity index (χ1n) is 7.43. The van der Waals surface area contributed by atoms with Crippen LogP contribution >= 0.6 is 0 Å². The van der Waals surface area contributed by atoms with Crippen molar-refractivity contribution in [3.05, 3.63) is 0 Å². The maximum atomic E-state index is 11.1. The molecule has 2 N–H and O–H groups in total. The molecule has 1 saturated carbocycles. The Morgan fingerprint density at radius 3 is 2.58 bits per heavy atom. The van der Waals surface area contributed by atoms with Gasteiger partial charge in [0.1, 0.15) is 5.54 Å². The molecule has 0 radical (unpaired) electrons. The van der Waals surface area contributed by atoms with Gasteiger partial charge in [-0.2, -0.15) is 0 Å². The normalized spacial score (nSPS) is 30.8. The van der Waals surface area contributed by atoms with Gasteiger partial charge in [-0.1, -0.05) is 13.8 Å². The summed E-state index contributed by atoms with van der Waals surface area (Å²) in [6.07, 6.45) is 5.28. The maximum absolute atomic E-state index is 11.1. The van der Waals surface area contributed by atoms with Crippen LogP contribution in [-0.4, -0.2) is 36.4 Å². The largest absolute Gasteiger partial charge is 0.480 e. The van der Waals surface area contributed by atoms with Crippen molar-refractivity contribution in [2.24, 2.45) is 11.8 Å². The predicted molar refractivity (Wildman–Crippen MR) is 76.3 cm³/mol. The number of hydrogen-bond acceptors (Lipinski definition) is 3. The highest BCUT2D eigenvalue weighted by Gasteiger charge is 2.30. The predicted octanol–water partition coefficient (Wildman–Crippen LogP) is 2.67. The minimum atomic E-state index is -0.836. The fraction of sp³-hybridized carbons (Fsp3) is 0.933. The van der Waals surface area contributed by atoms with E-state index in [1.54, 1.807) is 14.0 Å². The summed E-state index contributed by atoms with van der Waals surface area (Å²) in [5.74, 6) is 0.745. The van der Waals surface area contributed by atoms with Crippen molar-refractivity contribution in [3.63, 3.8) is 0 Å². The number of hydrogen-bond donors (Lipinski definition) is 2. The SMILES string of the molecule is CNC(C)(CCCOC1CCC(C)C(C)C1)C(=O)O. The molecule has 0 aliphatic heterocycles. The third kappa shape index (κ3) is 4.77. The van der Waals surface area contributed by atoms with Crippen molar-refractivity contribution in [2.45, 2.75) is 64.5 Å². The molecule has 1 aliphatic rings. The molecule has 0 aromatic rings. The lowest BCUT2D eigenvalue weighted by Crippen LogP contribution is -2.47. The van der Waals surface area contributed by atoms with Gasteiger partial charge < -0.3 is 15.2 Å². The first kappa shape index (κ1) is 16.4. The molecule has 0 amide bonds. The van der Waals surface area contributed by atoms with Crippen LogP contribution in [0.2, 0.25) is 0 Å². The molecule has 1 aliphatic carbocycles. The van der Waals surface area contributed by atoms with Gasteiger partial charge in [0.25, 0.3) is 0 Å². The first-order valence-corrected chi connectivity index (χ1v) is 7.43. The van der Waals surface area contributed by atoms with Gasteiger partial charge in [-0.05, 0) is 57.9 Å². The van der Waals surface area contributed by atoms with Gasteiger partial charge in [0, 0.05) is 6.61 Å². The van der Waals surface area contributed by atoms with Crippen LogP contribution in [0.15, 0.2) is 0 Å². The van der Waals surface area contributed by atoms with Gasteiger partial charge >= 0.3 is 5.97 Å². The van der Waals surface area contributed by atoms with Crippen LogP contribution < -0.4 is 5.32 Å². The van der Waals surface area contributed by atoms with E-state index in [4.69, 9.17) is 9.84 Å². The molecule has 4 unspecified atom stereocenters. The first-order chi connectivity index (χ1) is 8.89. The summed E-state index contributed by atoms with van der Waals surface area (Å²) in [5, 5.41) is 12.0. The summed E-state index contributed by atoms with van der Waals surface area (Å²) in [5.41, 5.74) is -0.836. The van der Waals surface area contributed by atoms with E-state index in [-0.39, 0.29) is 0 Å². The van der Waals surface area contributed by atoms with E-state index in [0.717, 1.165) is 31.1 Å². The molecule has 4 heteroatoms. The number of carboxylic acid groups (broad SMARTS) is 1. The lowest BCUT2D eigenvalue weighted by molar-refractivity contribution is -0.144. The van der Waals surface area contributed by atoms with Gasteiger partial charge in [0.15, 0.2) is 0 Å². The zero-order valence-corrected chi connectivity index (χ0v) is 12.7. The number of aliphatic carboxylic acids is 1. The number of carbonyl (C=O) groups is 1. The Hall–Kier alpha value is -0.610. The summed E-state index contributed by atoms with van der Waals surface area (Å²) in [6, 6.07) is 0. The summed E-state index contributed by atoms with van der Waals surface area (Å²) in [7, 11) is 1.69. The molecule has 0 spiro atoms. The highest BCUT2D eigenvalue weighted by Crippen LogP contribution is 2.31. The van der Waals surface area contributed by atoms with Gasteiger partial charge in [0.2, 0.25) is 0 Å². The Kier molecular flexibility index (Phi) is 6.27. The molecular formula is C15H29NO3. The Morgan fingerprint density at radius 2 is 2.05 bits per heavy atom. The lowest BCUT2D eigenvalue weighted by Gasteiger charge is -2.32. The molecular weight excluding hydrogens is 242 g/mol. The molecule has 4 nitrogen and oxygen atoms in total. The molecule has 0 aromatic heterocycles. The fourth-order valence-corrected chi connectivity index (χ4v) is 2.66. The van der Waals surface area contributed by atoms with E-state index in [0.29, 0.717) is 19.1 Å². The summed E-state index contributed by atoms with van der Waals surface area (Å²) in [4.78, 5) is 11.1. The Labute approximate surface area is 116 Å². The lowest BCUT2D eigenvalue weighted by atomic mass is 9.80. The van der Waals surface area contributed by atoms with Crippen molar-refractivity contribution in [3.8, 4) is 0 Å². The van der Waals surface area contributed by atoms with E-state index in [2.05, 4.69) is 19.2 Å². The molecule has 1 rings (SSSR count). The van der Waals surface area contributed by atoms with Crippen molar-refractivity contribution in [1.29, 1.82) is 0 Å². The van der Waals surface area contributed by atoms with Crippen LogP contribution in [0.25, 0.3) is 0 Å². The third-order valence-corrected chi connectivity index (χ3v) is 4.75. The maximum Gasteiger partial charge on any atom is 0.323 e. The van der Waals surface area contributed by atoms with Gasteiger partial charge in [-0.25, -0.2) is 0 Å². The van der Waals surface area contributed by atoms with E-state index < -0.39 is 11.5 Å². The zero-order valence-electron chi connectivity index (χ0n) is 12.7. The average Bonchev–Trinajstić information content (AvgIpc) is 2.38. The van der Waals surface area contributed by atoms with Gasteiger partial charge in [0.05, 0.1) is 6.10 Å². The van der Waals surface area contributed by atoms with Crippen molar-refractivity contribution in [2.75, 3.05) is 13.7 Å². The molecule has 19 heavy (non-hydrogen) atoms. The monoisotopic (exact) mass is 271 g/mol. The second-order valence-corrected chi connectivity index (χ2v) is 6.25. The Balaban J connectivity index is 2.22. The summed E-state index contributed by atoms with van der Waals surface area (Å²) in [6.45, 7) is 6.99. The van der Waals surface area contributed by atoms with Gasteiger partial charge in [-0.15, -0.1) is 0 Å². The van der Waals surface area contributed by atoms with Gasteiger partial charge in [-0.3, -0.25) is 4.79 Å². The summed E-state index contributed by atoms with van der Waals surface area (Å²) < 4.78 is 5.90. The van der Waals surface area contributed by atoms with E-state index >= 15 is 0 Å². The second-order valence-electron chi connectivity index (χ2n) is 6.25. The number of rotatable bonds is 7. The number of likely N-dealkylation sites (N-methyl/N-ethyl adjacent to an activating group) is 1. The molecule has 0 heterocycles. The number of nitrogens with one attached hydrogen (secondary N) is 1.